The quantitative estimate of drug-likeness (QED) is 0.478. The summed E-state index contributed by atoms with van der Waals surface area (Å²) in [4.78, 5) is 7.22. The van der Waals surface area contributed by atoms with E-state index in [1.165, 1.54) is 17.3 Å². The molecule has 5 nitrogen and oxygen atoms in total. The smallest absolute Gasteiger partial charge is 0.193 e. The number of guanidine groups is 1. The lowest BCUT2D eigenvalue weighted by atomic mass is 10.1. The first-order chi connectivity index (χ1) is 12.3. The van der Waals surface area contributed by atoms with E-state index >= 15 is 0 Å². The van der Waals surface area contributed by atoms with E-state index in [1.807, 2.05) is 0 Å². The van der Waals surface area contributed by atoms with E-state index in [9.17, 15) is 0 Å². The van der Waals surface area contributed by atoms with Crippen molar-refractivity contribution in [3.8, 4) is 0 Å². The van der Waals surface area contributed by atoms with Crippen molar-refractivity contribution < 1.29 is 4.74 Å². The van der Waals surface area contributed by atoms with E-state index in [0.29, 0.717) is 5.92 Å². The molecule has 1 unspecified atom stereocenters. The molecule has 1 aliphatic rings. The largest absolute Gasteiger partial charge is 0.384 e. The van der Waals surface area contributed by atoms with Crippen molar-refractivity contribution in [2.75, 3.05) is 39.9 Å². The lowest BCUT2D eigenvalue weighted by Gasteiger charge is -2.21. The minimum Gasteiger partial charge on any atom is -0.384 e. The maximum absolute atomic E-state index is 5.30. The Labute approximate surface area is 150 Å². The van der Waals surface area contributed by atoms with Crippen LogP contribution in [0, 0.1) is 5.92 Å². The molecule has 5 heteroatoms. The van der Waals surface area contributed by atoms with Gasteiger partial charge in [-0.1, -0.05) is 18.2 Å². The number of hydrogen-bond acceptors (Lipinski definition) is 2. The first-order valence-corrected chi connectivity index (χ1v) is 9.38. The van der Waals surface area contributed by atoms with Crippen LogP contribution >= 0.6 is 0 Å². The second-order valence-corrected chi connectivity index (χ2v) is 6.71. The predicted molar refractivity (Wildman–Crippen MR) is 104 cm³/mol. The molecule has 0 radical (unpaired) electrons. The van der Waals surface area contributed by atoms with E-state index < -0.39 is 0 Å². The number of hydrogen-bond donors (Lipinski definition) is 1. The summed E-state index contributed by atoms with van der Waals surface area (Å²) in [6.45, 7) is 7.85. The van der Waals surface area contributed by atoms with Crippen molar-refractivity contribution in [1.82, 2.24) is 14.8 Å². The minimum atomic E-state index is 0.625. The van der Waals surface area contributed by atoms with Crippen molar-refractivity contribution in [3.05, 3.63) is 36.5 Å². The molecule has 1 N–H and O–H groups in total. The Balaban J connectivity index is 1.53. The van der Waals surface area contributed by atoms with Crippen LogP contribution < -0.4 is 5.32 Å². The number of para-hydroxylation sites is 1. The van der Waals surface area contributed by atoms with Gasteiger partial charge in [0.25, 0.3) is 0 Å². The Morgan fingerprint density at radius 1 is 1.32 bits per heavy atom. The van der Waals surface area contributed by atoms with Gasteiger partial charge >= 0.3 is 0 Å². The number of ether oxygens (including phenoxy) is 1. The number of likely N-dealkylation sites (tertiary alicyclic amines) is 1. The maximum atomic E-state index is 5.30. The normalized spacial score (nSPS) is 18.2. The average molecular weight is 342 g/mol. The van der Waals surface area contributed by atoms with Gasteiger partial charge in [-0.3, -0.25) is 4.99 Å². The molecule has 0 amide bonds. The van der Waals surface area contributed by atoms with Gasteiger partial charge in [0.1, 0.15) is 0 Å². The minimum absolute atomic E-state index is 0.625. The number of rotatable bonds is 7. The highest BCUT2D eigenvalue weighted by atomic mass is 16.5. The van der Waals surface area contributed by atoms with Gasteiger partial charge in [0.15, 0.2) is 5.96 Å². The molecule has 1 aromatic heterocycles. The van der Waals surface area contributed by atoms with Gasteiger partial charge in [-0.25, -0.2) is 0 Å². The fourth-order valence-electron chi connectivity index (χ4n) is 3.58. The monoisotopic (exact) mass is 342 g/mol. The van der Waals surface area contributed by atoms with Crippen LogP contribution in [0.15, 0.2) is 41.5 Å². The van der Waals surface area contributed by atoms with Gasteiger partial charge < -0.3 is 19.5 Å². The maximum Gasteiger partial charge on any atom is 0.193 e. The first-order valence-electron chi connectivity index (χ1n) is 9.38. The topological polar surface area (TPSA) is 41.8 Å². The molecule has 2 heterocycles. The second kappa shape index (κ2) is 8.90. The average Bonchev–Trinajstić information content (AvgIpc) is 3.25. The van der Waals surface area contributed by atoms with Gasteiger partial charge in [0, 0.05) is 57.5 Å². The van der Waals surface area contributed by atoms with E-state index in [0.717, 1.165) is 51.7 Å². The molecule has 1 aliphatic heterocycles. The Kier molecular flexibility index (Phi) is 6.34. The van der Waals surface area contributed by atoms with Crippen LogP contribution in [-0.4, -0.2) is 55.3 Å². The summed E-state index contributed by atoms with van der Waals surface area (Å²) < 4.78 is 7.62. The number of aromatic nitrogens is 1. The second-order valence-electron chi connectivity index (χ2n) is 6.71. The summed E-state index contributed by atoms with van der Waals surface area (Å²) >= 11 is 0. The number of nitrogens with zero attached hydrogens (tertiary/aromatic N) is 3. The van der Waals surface area contributed by atoms with Gasteiger partial charge in [-0.05, 0) is 37.3 Å². The van der Waals surface area contributed by atoms with Gasteiger partial charge in [-0.2, -0.15) is 0 Å². The summed E-state index contributed by atoms with van der Waals surface area (Å²) in [6, 6.07) is 10.7. The third-order valence-electron chi connectivity index (χ3n) is 4.82. The lowest BCUT2D eigenvalue weighted by Crippen LogP contribution is -2.40. The molecule has 0 saturated carbocycles. The third-order valence-corrected chi connectivity index (χ3v) is 4.82. The lowest BCUT2D eigenvalue weighted by molar-refractivity contribution is 0.157. The standard InChI is InChI=1S/C20H30N4O/c1-3-21-20(24-13-9-17(15-24)16-25-2)22-11-6-12-23-14-10-18-7-4-5-8-19(18)23/h4-5,7-8,10,14,17H,3,6,9,11-13,15-16H2,1-2H3,(H,21,22). The summed E-state index contributed by atoms with van der Waals surface area (Å²) in [5.41, 5.74) is 1.31. The Morgan fingerprint density at radius 2 is 2.20 bits per heavy atom. The van der Waals surface area contributed by atoms with Crippen molar-refractivity contribution >= 4 is 16.9 Å². The molecule has 0 bridgehead atoms. The van der Waals surface area contributed by atoms with Gasteiger partial charge in [0.2, 0.25) is 0 Å². The van der Waals surface area contributed by atoms with Crippen molar-refractivity contribution in [2.24, 2.45) is 10.9 Å². The summed E-state index contributed by atoms with van der Waals surface area (Å²) in [5.74, 6) is 1.68. The van der Waals surface area contributed by atoms with E-state index in [4.69, 9.17) is 9.73 Å². The molecule has 136 valence electrons. The van der Waals surface area contributed by atoms with Crippen LogP contribution in [-0.2, 0) is 11.3 Å². The number of methoxy groups -OCH3 is 1. The Morgan fingerprint density at radius 3 is 3.04 bits per heavy atom. The highest BCUT2D eigenvalue weighted by Crippen LogP contribution is 2.17. The van der Waals surface area contributed by atoms with Crippen LogP contribution in [0.3, 0.4) is 0 Å². The SMILES string of the molecule is CCNC(=NCCCn1ccc2ccccc21)N1CCC(COC)C1. The molecular weight excluding hydrogens is 312 g/mol. The van der Waals surface area contributed by atoms with Crippen LogP contribution in [0.1, 0.15) is 19.8 Å². The van der Waals surface area contributed by atoms with Crippen molar-refractivity contribution in [1.29, 1.82) is 0 Å². The summed E-state index contributed by atoms with van der Waals surface area (Å²) in [7, 11) is 1.78. The van der Waals surface area contributed by atoms with Crippen molar-refractivity contribution in [3.63, 3.8) is 0 Å². The van der Waals surface area contributed by atoms with Crippen molar-refractivity contribution in [2.45, 2.75) is 26.3 Å². The first kappa shape index (κ1) is 17.8. The fourth-order valence-corrected chi connectivity index (χ4v) is 3.58. The summed E-state index contributed by atoms with van der Waals surface area (Å²) in [6.07, 6.45) is 4.41. The van der Waals surface area contributed by atoms with Crippen LogP contribution in [0.25, 0.3) is 10.9 Å². The van der Waals surface area contributed by atoms with Crippen LogP contribution in [0.4, 0.5) is 0 Å². The zero-order chi connectivity index (χ0) is 17.5. The number of nitrogens with one attached hydrogen (secondary N) is 1. The number of benzene rings is 1. The van der Waals surface area contributed by atoms with Gasteiger partial charge in [0.05, 0.1) is 6.61 Å². The zero-order valence-electron chi connectivity index (χ0n) is 15.4. The fraction of sp³-hybridized carbons (Fsp3) is 0.550. The van der Waals surface area contributed by atoms with E-state index in [2.05, 4.69) is 58.2 Å². The molecule has 0 aliphatic carbocycles. The molecule has 25 heavy (non-hydrogen) atoms. The molecule has 1 saturated heterocycles. The molecule has 1 fully saturated rings. The predicted octanol–water partition coefficient (Wildman–Crippen LogP) is 2.97. The zero-order valence-corrected chi connectivity index (χ0v) is 15.4. The number of fused-ring (bicyclic) bond motifs is 1. The van der Waals surface area contributed by atoms with E-state index in [1.54, 1.807) is 7.11 Å². The molecular formula is C20H30N4O. The van der Waals surface area contributed by atoms with Crippen LogP contribution in [0.2, 0.25) is 0 Å². The Bertz CT molecular complexity index is 694. The highest BCUT2D eigenvalue weighted by Gasteiger charge is 2.24. The molecule has 1 atom stereocenters. The molecule has 2 aromatic rings. The summed E-state index contributed by atoms with van der Waals surface area (Å²) in [5, 5.41) is 4.74. The number of aryl methyl sites for hydroxylation is 1. The van der Waals surface area contributed by atoms with Crippen LogP contribution in [0.5, 0.6) is 0 Å². The highest BCUT2D eigenvalue weighted by molar-refractivity contribution is 5.80. The molecule has 0 spiro atoms. The third kappa shape index (κ3) is 4.54. The van der Waals surface area contributed by atoms with Gasteiger partial charge in [-0.15, -0.1) is 0 Å². The number of aliphatic imine (C=N–C) groups is 1. The molecule has 1 aromatic carbocycles. The Hall–Kier alpha value is -2.01. The van der Waals surface area contributed by atoms with E-state index in [-0.39, 0.29) is 0 Å². The molecule has 3 rings (SSSR count).